The van der Waals surface area contributed by atoms with E-state index in [2.05, 4.69) is 0 Å². The van der Waals surface area contributed by atoms with E-state index in [0.29, 0.717) is 36.4 Å². The van der Waals surface area contributed by atoms with Crippen molar-refractivity contribution in [2.45, 2.75) is 24.7 Å². The second kappa shape index (κ2) is 9.30. The van der Waals surface area contributed by atoms with Crippen molar-refractivity contribution < 1.29 is 52.7 Å². The highest BCUT2D eigenvalue weighted by Gasteiger charge is 2.47. The average molecular weight is 640 g/mol. The van der Waals surface area contributed by atoms with Crippen LogP contribution in [0.2, 0.25) is 0 Å². The van der Waals surface area contributed by atoms with Crippen molar-refractivity contribution in [2.75, 3.05) is 0 Å². The Kier molecular flexibility index (Phi) is 6.46. The van der Waals surface area contributed by atoms with E-state index in [1.54, 1.807) is 0 Å². The number of aromatic nitrogens is 2. The largest absolute Gasteiger partial charge is 0.418 e. The second-order valence-electron chi connectivity index (χ2n) is 9.23. The normalized spacial score (nSPS) is 13.4. The molecule has 0 aliphatic heterocycles. The van der Waals surface area contributed by atoms with Gasteiger partial charge in [0.15, 0.2) is 0 Å². The van der Waals surface area contributed by atoms with Gasteiger partial charge in [-0.1, -0.05) is 12.1 Å². The second-order valence-corrected chi connectivity index (χ2v) is 9.23. The van der Waals surface area contributed by atoms with Gasteiger partial charge in [0.25, 0.3) is 22.2 Å². The summed E-state index contributed by atoms with van der Waals surface area (Å²) in [6.45, 7) is 0. The first-order valence-electron chi connectivity index (χ1n) is 11.6. The molecule has 18 heteroatoms. The average Bonchev–Trinajstić information content (AvgIpc) is 3.29. The van der Waals surface area contributed by atoms with E-state index >= 15 is 0 Å². The molecule has 0 radical (unpaired) electrons. The molecule has 0 atom stereocenters. The van der Waals surface area contributed by atoms with E-state index < -0.39 is 111 Å². The van der Waals surface area contributed by atoms with Crippen molar-refractivity contribution in [3.05, 3.63) is 112 Å². The van der Waals surface area contributed by atoms with Gasteiger partial charge in [-0.15, -0.1) is 0 Å². The summed E-state index contributed by atoms with van der Waals surface area (Å²) in [4.78, 5) is 52.9. The highest BCUT2D eigenvalue weighted by molar-refractivity contribution is 6.07. The summed E-state index contributed by atoms with van der Waals surface area (Å²) in [5, 5.41) is -8.34. The summed E-state index contributed by atoms with van der Waals surface area (Å²) >= 11 is 0. The maximum Gasteiger partial charge on any atom is 0.418 e. The van der Waals surface area contributed by atoms with Crippen molar-refractivity contribution in [3.8, 4) is 11.4 Å². The maximum absolute atomic E-state index is 14.5. The molecule has 0 aliphatic rings. The number of fused-ring (bicyclic) bond motifs is 2. The molecule has 5 rings (SSSR count). The van der Waals surface area contributed by atoms with Crippen LogP contribution in [-0.4, -0.2) is 9.13 Å². The Bertz CT molecular complexity index is 1970. The standard InChI is InChI=1S/C26H8F12N2O4/c27-23(28,29)9-3-1-5-11(7-9)39-19(41)13-14(20(39)42)18(26(36,37)38)16-15(17(13)25(33,34)35)21(43)40(22(16)44)12-6-2-4-10(8-12)24(30,31)32/h1-8H. The van der Waals surface area contributed by atoms with E-state index in [4.69, 9.17) is 0 Å². The zero-order chi connectivity index (χ0) is 32.9. The summed E-state index contributed by atoms with van der Waals surface area (Å²) in [6, 6.07) is 3.49. The molecule has 44 heavy (non-hydrogen) atoms. The Morgan fingerprint density at radius 3 is 0.909 bits per heavy atom. The molecule has 6 nitrogen and oxygen atoms in total. The number of benzene rings is 3. The number of hydrogen-bond donors (Lipinski definition) is 0. The van der Waals surface area contributed by atoms with Gasteiger partial charge in [-0.3, -0.25) is 19.2 Å². The quantitative estimate of drug-likeness (QED) is 0.223. The highest BCUT2D eigenvalue weighted by Crippen LogP contribution is 2.44. The van der Waals surface area contributed by atoms with Crippen molar-refractivity contribution in [3.63, 3.8) is 0 Å². The molecule has 2 heterocycles. The predicted octanol–water partition coefficient (Wildman–Crippen LogP) is 5.97. The van der Waals surface area contributed by atoms with Crippen molar-refractivity contribution in [2.24, 2.45) is 0 Å². The Morgan fingerprint density at radius 1 is 0.409 bits per heavy atom. The van der Waals surface area contributed by atoms with Crippen LogP contribution in [0.3, 0.4) is 0 Å². The minimum absolute atomic E-state index is 0.0988. The molecule has 0 saturated carbocycles. The van der Waals surface area contributed by atoms with Gasteiger partial charge in [-0.05, 0) is 36.4 Å². The Hall–Kier alpha value is -4.90. The SMILES string of the molecule is O=c1c2c(C(F)(F)F)c3c(=O)n(-c4cccc(C(F)(F)F)c4)c(=O)c3c(C(F)(F)F)c2c(=O)n1-c1cccc(C(F)(F)F)c1. The van der Waals surface area contributed by atoms with Crippen LogP contribution in [0, 0.1) is 0 Å². The van der Waals surface area contributed by atoms with E-state index in [-0.39, 0.29) is 12.1 Å². The monoisotopic (exact) mass is 640 g/mol. The van der Waals surface area contributed by atoms with Crippen LogP contribution in [-0.2, 0) is 24.7 Å². The van der Waals surface area contributed by atoms with Gasteiger partial charge in [0.1, 0.15) is 0 Å². The van der Waals surface area contributed by atoms with Crippen molar-refractivity contribution in [1.29, 1.82) is 0 Å². The Morgan fingerprint density at radius 2 is 0.682 bits per heavy atom. The van der Waals surface area contributed by atoms with Gasteiger partial charge >= 0.3 is 24.7 Å². The number of hydrogen-bond acceptors (Lipinski definition) is 4. The lowest BCUT2D eigenvalue weighted by Crippen LogP contribution is -2.26. The summed E-state index contributed by atoms with van der Waals surface area (Å²) < 4.78 is 166. The maximum atomic E-state index is 14.5. The summed E-state index contributed by atoms with van der Waals surface area (Å²) in [5.41, 5.74) is -19.1. The fraction of sp³-hybridized carbons (Fsp3) is 0.154. The summed E-state index contributed by atoms with van der Waals surface area (Å²) in [5.74, 6) is 0. The highest BCUT2D eigenvalue weighted by atomic mass is 19.4. The fourth-order valence-corrected chi connectivity index (χ4v) is 4.92. The molecule has 0 fully saturated rings. The molecule has 0 aliphatic carbocycles. The lowest BCUT2D eigenvalue weighted by Gasteiger charge is -2.13. The van der Waals surface area contributed by atoms with Gasteiger partial charge < -0.3 is 0 Å². The third-order valence-corrected chi connectivity index (χ3v) is 6.60. The van der Waals surface area contributed by atoms with E-state index in [1.165, 1.54) is 0 Å². The zero-order valence-corrected chi connectivity index (χ0v) is 20.7. The molecule has 0 amide bonds. The number of nitrogens with zero attached hydrogens (tertiary/aromatic N) is 2. The molecule has 0 spiro atoms. The lowest BCUT2D eigenvalue weighted by molar-refractivity contribution is -0.138. The van der Waals surface area contributed by atoms with Crippen molar-refractivity contribution in [1.82, 2.24) is 9.13 Å². The van der Waals surface area contributed by atoms with Crippen LogP contribution in [0.4, 0.5) is 52.7 Å². The Labute approximate surface area is 232 Å². The summed E-state index contributed by atoms with van der Waals surface area (Å²) in [7, 11) is 0. The first-order valence-corrected chi connectivity index (χ1v) is 11.6. The molecule has 3 aromatic carbocycles. The van der Waals surface area contributed by atoms with E-state index in [1.807, 2.05) is 0 Å². The predicted molar refractivity (Wildman–Crippen MR) is 128 cm³/mol. The fourth-order valence-electron chi connectivity index (χ4n) is 4.92. The van der Waals surface area contributed by atoms with Gasteiger partial charge in [0, 0.05) is 0 Å². The van der Waals surface area contributed by atoms with E-state index in [0.717, 1.165) is 0 Å². The van der Waals surface area contributed by atoms with Gasteiger partial charge in [0.2, 0.25) is 0 Å². The van der Waals surface area contributed by atoms with Crippen LogP contribution in [0.25, 0.3) is 32.9 Å². The van der Waals surface area contributed by atoms with Gasteiger partial charge in [0.05, 0.1) is 55.2 Å². The number of alkyl halides is 12. The molecule has 230 valence electrons. The zero-order valence-electron chi connectivity index (χ0n) is 20.7. The van der Waals surface area contributed by atoms with Gasteiger partial charge in [-0.25, -0.2) is 9.13 Å². The lowest BCUT2D eigenvalue weighted by atomic mass is 9.96. The molecule has 0 saturated heterocycles. The van der Waals surface area contributed by atoms with Crippen LogP contribution >= 0.6 is 0 Å². The van der Waals surface area contributed by atoms with Crippen LogP contribution in [0.15, 0.2) is 67.7 Å². The molecule has 5 aromatic rings. The molecule has 0 N–H and O–H groups in total. The Balaban J connectivity index is 2.06. The first kappa shape index (κ1) is 30.6. The first-order chi connectivity index (χ1) is 20.1. The molecule has 0 bridgehead atoms. The third kappa shape index (κ3) is 4.55. The minimum atomic E-state index is -5.96. The van der Waals surface area contributed by atoms with E-state index in [9.17, 15) is 71.9 Å². The van der Waals surface area contributed by atoms with Crippen LogP contribution < -0.4 is 22.2 Å². The minimum Gasteiger partial charge on any atom is -0.268 e. The van der Waals surface area contributed by atoms with Crippen LogP contribution in [0.5, 0.6) is 0 Å². The topological polar surface area (TPSA) is 78.1 Å². The van der Waals surface area contributed by atoms with Crippen LogP contribution in [0.1, 0.15) is 22.3 Å². The molecular weight excluding hydrogens is 632 g/mol. The number of rotatable bonds is 2. The smallest absolute Gasteiger partial charge is 0.268 e. The molecule has 0 unspecified atom stereocenters. The molecule has 2 aromatic heterocycles. The van der Waals surface area contributed by atoms with Gasteiger partial charge in [-0.2, -0.15) is 52.7 Å². The van der Waals surface area contributed by atoms with Crippen molar-refractivity contribution >= 4 is 21.5 Å². The summed E-state index contributed by atoms with van der Waals surface area (Å²) in [6.07, 6.45) is -22.2. The molecular formula is C26H8F12N2O4. The third-order valence-electron chi connectivity index (χ3n) is 6.60. The number of halogens is 12.